The third-order valence-electron chi connectivity index (χ3n) is 6.09. The van der Waals surface area contributed by atoms with Gasteiger partial charge in [-0.15, -0.1) is 0 Å². The van der Waals surface area contributed by atoms with E-state index in [9.17, 15) is 18.0 Å². The van der Waals surface area contributed by atoms with Gasteiger partial charge in [0, 0.05) is 12.6 Å². The van der Waals surface area contributed by atoms with Crippen LogP contribution in [0.5, 0.6) is 0 Å². The highest BCUT2D eigenvalue weighted by Gasteiger charge is 2.34. The highest BCUT2D eigenvalue weighted by atomic mass is 35.5. The van der Waals surface area contributed by atoms with Crippen molar-refractivity contribution < 1.29 is 18.0 Å². The summed E-state index contributed by atoms with van der Waals surface area (Å²) in [6.45, 7) is 6.93. The van der Waals surface area contributed by atoms with Gasteiger partial charge in [-0.1, -0.05) is 78.2 Å². The number of carbonyl (C=O) groups excluding carboxylic acids is 2. The maximum absolute atomic E-state index is 14.0. The number of anilines is 1. The maximum Gasteiger partial charge on any atom is 0.264 e. The van der Waals surface area contributed by atoms with Crippen molar-refractivity contribution in [3.8, 4) is 0 Å². The van der Waals surface area contributed by atoms with E-state index >= 15 is 0 Å². The van der Waals surface area contributed by atoms with Crippen molar-refractivity contribution in [2.75, 3.05) is 10.8 Å². The van der Waals surface area contributed by atoms with Gasteiger partial charge in [0.2, 0.25) is 11.8 Å². The smallest absolute Gasteiger partial charge is 0.264 e. The predicted octanol–water partition coefficient (Wildman–Crippen LogP) is 5.83. The number of sulfonamides is 1. The van der Waals surface area contributed by atoms with Crippen LogP contribution in [-0.2, 0) is 26.2 Å². The molecule has 0 bridgehead atoms. The fourth-order valence-corrected chi connectivity index (χ4v) is 5.79. The SMILES string of the molecule is CC[C@@H](C(=O)NC(C)C)N(Cc1ccccc1)C(=O)CN(c1ccc(Cl)c(Cl)c1)S(=O)(=O)c1ccc(C)cc1. The Morgan fingerprint density at radius 2 is 1.56 bits per heavy atom. The van der Waals surface area contributed by atoms with E-state index in [4.69, 9.17) is 23.2 Å². The number of carbonyl (C=O) groups is 2. The van der Waals surface area contributed by atoms with Crippen molar-refractivity contribution in [1.29, 1.82) is 0 Å². The number of hydrogen-bond acceptors (Lipinski definition) is 4. The Morgan fingerprint density at radius 1 is 0.923 bits per heavy atom. The van der Waals surface area contributed by atoms with E-state index in [2.05, 4.69) is 5.32 Å². The Balaban J connectivity index is 2.07. The Kier molecular flexibility index (Phi) is 10.4. The van der Waals surface area contributed by atoms with Crippen LogP contribution < -0.4 is 9.62 Å². The summed E-state index contributed by atoms with van der Waals surface area (Å²) in [5.74, 6) is -0.842. The summed E-state index contributed by atoms with van der Waals surface area (Å²) >= 11 is 12.3. The van der Waals surface area contributed by atoms with Gasteiger partial charge in [-0.25, -0.2) is 8.42 Å². The lowest BCUT2D eigenvalue weighted by molar-refractivity contribution is -0.140. The summed E-state index contributed by atoms with van der Waals surface area (Å²) in [5.41, 5.74) is 1.88. The van der Waals surface area contributed by atoms with Gasteiger partial charge in [-0.2, -0.15) is 0 Å². The molecular formula is C29H33Cl2N3O4S. The molecule has 39 heavy (non-hydrogen) atoms. The minimum Gasteiger partial charge on any atom is -0.352 e. The van der Waals surface area contributed by atoms with Crippen LogP contribution in [0.4, 0.5) is 5.69 Å². The minimum atomic E-state index is -4.19. The van der Waals surface area contributed by atoms with Gasteiger partial charge in [0.15, 0.2) is 0 Å². The fraction of sp³-hybridized carbons (Fsp3) is 0.310. The normalized spacial score (nSPS) is 12.2. The van der Waals surface area contributed by atoms with E-state index in [1.807, 2.05) is 58.0 Å². The second kappa shape index (κ2) is 13.3. The molecule has 7 nitrogen and oxygen atoms in total. The second-order valence-electron chi connectivity index (χ2n) is 9.52. The van der Waals surface area contributed by atoms with E-state index in [1.54, 1.807) is 12.1 Å². The molecule has 0 spiro atoms. The highest BCUT2D eigenvalue weighted by molar-refractivity contribution is 7.92. The van der Waals surface area contributed by atoms with Crippen LogP contribution in [0.1, 0.15) is 38.3 Å². The summed E-state index contributed by atoms with van der Waals surface area (Å²) in [5, 5.41) is 3.28. The molecule has 0 aliphatic carbocycles. The molecule has 0 aromatic heterocycles. The second-order valence-corrected chi connectivity index (χ2v) is 12.2. The number of nitrogens with zero attached hydrogens (tertiary/aromatic N) is 2. The summed E-state index contributed by atoms with van der Waals surface area (Å²) in [6, 6.07) is 19.1. The molecule has 0 saturated heterocycles. The zero-order valence-corrected chi connectivity index (χ0v) is 24.7. The molecule has 10 heteroatoms. The average Bonchev–Trinajstić information content (AvgIpc) is 2.89. The molecule has 3 aromatic carbocycles. The minimum absolute atomic E-state index is 0.0196. The largest absolute Gasteiger partial charge is 0.352 e. The molecule has 0 heterocycles. The quantitative estimate of drug-likeness (QED) is 0.305. The fourth-order valence-electron chi connectivity index (χ4n) is 4.09. The molecule has 0 saturated carbocycles. The van der Waals surface area contributed by atoms with Crippen molar-refractivity contribution in [3.05, 3.63) is 94.0 Å². The third kappa shape index (κ3) is 7.75. The number of aryl methyl sites for hydroxylation is 1. The third-order valence-corrected chi connectivity index (χ3v) is 8.62. The predicted molar refractivity (Wildman–Crippen MR) is 157 cm³/mol. The first-order chi connectivity index (χ1) is 18.4. The van der Waals surface area contributed by atoms with Gasteiger partial charge in [0.1, 0.15) is 12.6 Å². The molecule has 208 valence electrons. The van der Waals surface area contributed by atoms with Crippen LogP contribution in [-0.4, -0.2) is 43.8 Å². The van der Waals surface area contributed by atoms with E-state index < -0.39 is 28.5 Å². The topological polar surface area (TPSA) is 86.8 Å². The van der Waals surface area contributed by atoms with Gasteiger partial charge >= 0.3 is 0 Å². The lowest BCUT2D eigenvalue weighted by Gasteiger charge is -2.33. The van der Waals surface area contributed by atoms with Crippen LogP contribution in [0.15, 0.2) is 77.7 Å². The van der Waals surface area contributed by atoms with Crippen LogP contribution >= 0.6 is 23.2 Å². The number of benzene rings is 3. The first-order valence-corrected chi connectivity index (χ1v) is 14.8. The highest BCUT2D eigenvalue weighted by Crippen LogP contribution is 2.31. The molecule has 0 radical (unpaired) electrons. The van der Waals surface area contributed by atoms with Crippen molar-refractivity contribution in [2.45, 2.75) is 57.6 Å². The Morgan fingerprint density at radius 3 is 2.13 bits per heavy atom. The number of halogens is 2. The number of rotatable bonds is 11. The average molecular weight is 591 g/mol. The Bertz CT molecular complexity index is 1400. The monoisotopic (exact) mass is 589 g/mol. The summed E-state index contributed by atoms with van der Waals surface area (Å²) in [7, 11) is -4.19. The number of hydrogen-bond donors (Lipinski definition) is 1. The molecule has 0 fully saturated rings. The van der Waals surface area contributed by atoms with Gasteiger partial charge < -0.3 is 10.2 Å². The van der Waals surface area contributed by atoms with Crippen molar-refractivity contribution in [1.82, 2.24) is 10.2 Å². The lowest BCUT2D eigenvalue weighted by Crippen LogP contribution is -2.53. The van der Waals surface area contributed by atoms with Crippen LogP contribution in [0.3, 0.4) is 0 Å². The van der Waals surface area contributed by atoms with E-state index in [0.29, 0.717) is 6.42 Å². The van der Waals surface area contributed by atoms with Crippen LogP contribution in [0, 0.1) is 6.92 Å². The van der Waals surface area contributed by atoms with Gasteiger partial charge in [-0.3, -0.25) is 13.9 Å². The molecule has 1 N–H and O–H groups in total. The maximum atomic E-state index is 14.0. The summed E-state index contributed by atoms with van der Waals surface area (Å²) < 4.78 is 28.8. The molecule has 0 aliphatic rings. The Hall–Kier alpha value is -3.07. The van der Waals surface area contributed by atoms with E-state index in [0.717, 1.165) is 15.4 Å². The zero-order chi connectivity index (χ0) is 28.7. The van der Waals surface area contributed by atoms with Crippen LogP contribution in [0.25, 0.3) is 0 Å². The molecule has 0 unspecified atom stereocenters. The van der Waals surface area contributed by atoms with Crippen molar-refractivity contribution in [2.24, 2.45) is 0 Å². The number of amides is 2. The van der Waals surface area contributed by atoms with Crippen LogP contribution in [0.2, 0.25) is 10.0 Å². The number of nitrogens with one attached hydrogen (secondary N) is 1. The molecule has 3 rings (SSSR count). The standard InChI is InChI=1S/C29H33Cl2N3O4S/c1-5-27(29(36)32-20(2)3)33(18-22-9-7-6-8-10-22)28(35)19-34(23-13-16-25(30)26(31)17-23)39(37,38)24-14-11-21(4)12-15-24/h6-17,20,27H,5,18-19H2,1-4H3,(H,32,36)/t27-/m0/s1. The molecule has 0 aliphatic heterocycles. The first-order valence-electron chi connectivity index (χ1n) is 12.6. The van der Waals surface area contributed by atoms with E-state index in [1.165, 1.54) is 35.2 Å². The lowest BCUT2D eigenvalue weighted by atomic mass is 10.1. The van der Waals surface area contributed by atoms with Gasteiger partial charge in [-0.05, 0) is 63.1 Å². The molecule has 1 atom stereocenters. The van der Waals surface area contributed by atoms with Gasteiger partial charge in [0.25, 0.3) is 10.0 Å². The van der Waals surface area contributed by atoms with E-state index in [-0.39, 0.29) is 39.1 Å². The molecule has 2 amide bonds. The zero-order valence-electron chi connectivity index (χ0n) is 22.4. The first kappa shape index (κ1) is 30.5. The molecule has 3 aromatic rings. The summed E-state index contributed by atoms with van der Waals surface area (Å²) in [6.07, 6.45) is 0.342. The van der Waals surface area contributed by atoms with Crippen molar-refractivity contribution >= 4 is 50.7 Å². The summed E-state index contributed by atoms with van der Waals surface area (Å²) in [4.78, 5) is 28.6. The Labute approximate surface area is 240 Å². The van der Waals surface area contributed by atoms with Gasteiger partial charge in [0.05, 0.1) is 20.6 Å². The molecular weight excluding hydrogens is 557 g/mol. The van der Waals surface area contributed by atoms with Crippen molar-refractivity contribution in [3.63, 3.8) is 0 Å².